The zero-order valence-corrected chi connectivity index (χ0v) is 16.5. The van der Waals surface area contributed by atoms with Crippen molar-refractivity contribution < 1.29 is 9.59 Å². The largest absolute Gasteiger partial charge is 0.349 e. The Labute approximate surface area is 167 Å². The third-order valence-corrected chi connectivity index (χ3v) is 6.29. The van der Waals surface area contributed by atoms with Crippen molar-refractivity contribution in [1.29, 1.82) is 0 Å². The Morgan fingerprint density at radius 1 is 0.607 bits per heavy atom. The van der Waals surface area contributed by atoms with Gasteiger partial charge in [0.15, 0.2) is 0 Å². The number of rotatable bonds is 4. The first-order valence-corrected chi connectivity index (χ1v) is 10.9. The molecule has 0 bridgehead atoms. The van der Waals surface area contributed by atoms with E-state index in [0.29, 0.717) is 11.1 Å². The van der Waals surface area contributed by atoms with Crippen molar-refractivity contribution >= 4 is 22.6 Å². The van der Waals surface area contributed by atoms with Crippen LogP contribution in [0.1, 0.15) is 84.9 Å². The molecule has 0 radical (unpaired) electrons. The number of hydrogen-bond acceptors (Lipinski definition) is 2. The lowest BCUT2D eigenvalue weighted by molar-refractivity contribution is 0.0918. The van der Waals surface area contributed by atoms with E-state index in [4.69, 9.17) is 0 Å². The van der Waals surface area contributed by atoms with Crippen LogP contribution in [-0.4, -0.2) is 23.9 Å². The molecule has 28 heavy (non-hydrogen) atoms. The minimum Gasteiger partial charge on any atom is -0.349 e. The van der Waals surface area contributed by atoms with E-state index in [-0.39, 0.29) is 23.9 Å². The topological polar surface area (TPSA) is 58.2 Å². The molecule has 0 heterocycles. The Kier molecular flexibility index (Phi) is 5.94. The molecular weight excluding hydrogens is 348 g/mol. The van der Waals surface area contributed by atoms with Gasteiger partial charge in [-0.2, -0.15) is 0 Å². The molecule has 0 atom stereocenters. The summed E-state index contributed by atoms with van der Waals surface area (Å²) in [4.78, 5) is 25.8. The summed E-state index contributed by atoms with van der Waals surface area (Å²) in [5.74, 6) is -0.0512. The van der Waals surface area contributed by atoms with Crippen molar-refractivity contribution in [2.24, 2.45) is 0 Å². The van der Waals surface area contributed by atoms with Crippen LogP contribution in [0.4, 0.5) is 0 Å². The van der Waals surface area contributed by atoms with Crippen LogP contribution in [0.2, 0.25) is 0 Å². The molecule has 0 saturated heterocycles. The molecule has 0 spiro atoms. The first-order valence-electron chi connectivity index (χ1n) is 10.9. The quantitative estimate of drug-likeness (QED) is 0.789. The average molecular weight is 379 g/mol. The molecule has 2 amide bonds. The number of benzene rings is 2. The SMILES string of the molecule is O=C(NC1CCCCC1)c1ccc(C(=O)NC2CCCCC2)c2ccccc12. The minimum atomic E-state index is -0.0256. The van der Waals surface area contributed by atoms with E-state index in [0.717, 1.165) is 36.5 Å². The number of carbonyl (C=O) groups is 2. The zero-order chi connectivity index (χ0) is 19.3. The highest BCUT2D eigenvalue weighted by molar-refractivity contribution is 6.14. The Balaban J connectivity index is 1.57. The summed E-state index contributed by atoms with van der Waals surface area (Å²) in [6.07, 6.45) is 11.5. The molecule has 4 rings (SSSR count). The van der Waals surface area contributed by atoms with E-state index < -0.39 is 0 Å². The van der Waals surface area contributed by atoms with Crippen LogP contribution in [0, 0.1) is 0 Å². The van der Waals surface area contributed by atoms with E-state index in [9.17, 15) is 9.59 Å². The maximum Gasteiger partial charge on any atom is 0.252 e. The predicted molar refractivity (Wildman–Crippen MR) is 113 cm³/mol. The van der Waals surface area contributed by atoms with Gasteiger partial charge in [0.2, 0.25) is 0 Å². The number of fused-ring (bicyclic) bond motifs is 1. The van der Waals surface area contributed by atoms with Crippen molar-refractivity contribution in [3.05, 3.63) is 47.5 Å². The Hall–Kier alpha value is -2.36. The van der Waals surface area contributed by atoms with E-state index in [1.54, 1.807) is 0 Å². The first-order chi connectivity index (χ1) is 13.7. The summed E-state index contributed by atoms with van der Waals surface area (Å²) in [5.41, 5.74) is 1.32. The van der Waals surface area contributed by atoms with E-state index in [2.05, 4.69) is 10.6 Å². The molecule has 2 N–H and O–H groups in total. The molecule has 2 saturated carbocycles. The zero-order valence-electron chi connectivity index (χ0n) is 16.5. The Bertz CT molecular complexity index is 778. The summed E-state index contributed by atoms with van der Waals surface area (Å²) >= 11 is 0. The van der Waals surface area contributed by atoms with Crippen LogP contribution in [0.3, 0.4) is 0 Å². The molecule has 2 aliphatic carbocycles. The van der Waals surface area contributed by atoms with Gasteiger partial charge < -0.3 is 10.6 Å². The summed E-state index contributed by atoms with van der Waals surface area (Å²) < 4.78 is 0. The van der Waals surface area contributed by atoms with Crippen LogP contribution in [-0.2, 0) is 0 Å². The van der Waals surface area contributed by atoms with E-state index in [1.807, 2.05) is 36.4 Å². The van der Waals surface area contributed by atoms with Gasteiger partial charge in [-0.1, -0.05) is 62.8 Å². The summed E-state index contributed by atoms with van der Waals surface area (Å²) in [7, 11) is 0. The lowest BCUT2D eigenvalue weighted by Gasteiger charge is -2.24. The van der Waals surface area contributed by atoms with Gasteiger partial charge in [-0.25, -0.2) is 0 Å². The number of hydrogen-bond donors (Lipinski definition) is 2. The number of amides is 2. The Morgan fingerprint density at radius 2 is 1.00 bits per heavy atom. The first kappa shape index (κ1) is 19.0. The van der Waals surface area contributed by atoms with E-state index in [1.165, 1.54) is 38.5 Å². The minimum absolute atomic E-state index is 0.0256. The predicted octanol–water partition coefficient (Wildman–Crippen LogP) is 4.96. The molecule has 2 aliphatic rings. The molecule has 148 valence electrons. The third kappa shape index (κ3) is 4.21. The van der Waals surface area contributed by atoms with Gasteiger partial charge >= 0.3 is 0 Å². The van der Waals surface area contributed by atoms with E-state index >= 15 is 0 Å². The molecule has 2 aromatic rings. The molecule has 2 fully saturated rings. The maximum absolute atomic E-state index is 12.9. The van der Waals surface area contributed by atoms with Crippen molar-refractivity contribution in [2.45, 2.75) is 76.3 Å². The second-order valence-corrected chi connectivity index (χ2v) is 8.32. The molecule has 0 aliphatic heterocycles. The molecule has 4 nitrogen and oxygen atoms in total. The van der Waals surface area contributed by atoms with Gasteiger partial charge in [0.05, 0.1) is 0 Å². The van der Waals surface area contributed by atoms with Gasteiger partial charge in [0, 0.05) is 23.2 Å². The van der Waals surface area contributed by atoms with Crippen molar-refractivity contribution in [1.82, 2.24) is 10.6 Å². The lowest BCUT2D eigenvalue weighted by atomic mass is 9.93. The molecular formula is C24H30N2O2. The normalized spacial score (nSPS) is 18.7. The summed E-state index contributed by atoms with van der Waals surface area (Å²) in [6, 6.07) is 11.9. The highest BCUT2D eigenvalue weighted by atomic mass is 16.2. The second kappa shape index (κ2) is 8.76. The van der Waals surface area contributed by atoms with Gasteiger partial charge in [-0.3, -0.25) is 9.59 Å². The standard InChI is InChI=1S/C24H30N2O2/c27-23(25-17-9-3-1-4-10-17)21-15-16-22(20-14-8-7-13-19(20)21)24(28)26-18-11-5-2-6-12-18/h7-8,13-18H,1-6,9-12H2,(H,25,27)(H,26,28). The van der Waals surface area contributed by atoms with Crippen LogP contribution in [0.25, 0.3) is 10.8 Å². The summed E-state index contributed by atoms with van der Waals surface area (Å²) in [5, 5.41) is 8.11. The maximum atomic E-state index is 12.9. The highest BCUT2D eigenvalue weighted by Crippen LogP contribution is 2.25. The van der Waals surface area contributed by atoms with Crippen molar-refractivity contribution in [3.63, 3.8) is 0 Å². The van der Waals surface area contributed by atoms with Crippen LogP contribution in [0.15, 0.2) is 36.4 Å². The summed E-state index contributed by atoms with van der Waals surface area (Å²) in [6.45, 7) is 0. The van der Waals surface area contributed by atoms with Gasteiger partial charge in [0.25, 0.3) is 11.8 Å². The molecule has 0 unspecified atom stereocenters. The van der Waals surface area contributed by atoms with Crippen LogP contribution in [0.5, 0.6) is 0 Å². The Morgan fingerprint density at radius 3 is 1.39 bits per heavy atom. The van der Waals surface area contributed by atoms with Crippen LogP contribution >= 0.6 is 0 Å². The fraction of sp³-hybridized carbons (Fsp3) is 0.500. The molecule has 2 aromatic carbocycles. The average Bonchev–Trinajstić information content (AvgIpc) is 2.74. The fourth-order valence-corrected chi connectivity index (χ4v) is 4.72. The molecule has 0 aromatic heterocycles. The monoisotopic (exact) mass is 378 g/mol. The number of carbonyl (C=O) groups excluding carboxylic acids is 2. The smallest absolute Gasteiger partial charge is 0.252 e. The number of nitrogens with one attached hydrogen (secondary N) is 2. The lowest BCUT2D eigenvalue weighted by Crippen LogP contribution is -2.37. The van der Waals surface area contributed by atoms with Gasteiger partial charge in [-0.05, 0) is 48.6 Å². The highest BCUT2D eigenvalue weighted by Gasteiger charge is 2.21. The molecule has 4 heteroatoms. The van der Waals surface area contributed by atoms with Crippen molar-refractivity contribution in [2.75, 3.05) is 0 Å². The van der Waals surface area contributed by atoms with Gasteiger partial charge in [0.1, 0.15) is 0 Å². The van der Waals surface area contributed by atoms with Crippen LogP contribution < -0.4 is 10.6 Å². The second-order valence-electron chi connectivity index (χ2n) is 8.32. The van der Waals surface area contributed by atoms with Gasteiger partial charge in [-0.15, -0.1) is 0 Å². The fourth-order valence-electron chi connectivity index (χ4n) is 4.72. The van der Waals surface area contributed by atoms with Crippen molar-refractivity contribution in [3.8, 4) is 0 Å². The third-order valence-electron chi connectivity index (χ3n) is 6.29.